The second-order valence-electron chi connectivity index (χ2n) is 5.13. The molecule has 0 saturated heterocycles. The van der Waals surface area contributed by atoms with Gasteiger partial charge in [-0.2, -0.15) is 0 Å². The van der Waals surface area contributed by atoms with Crippen molar-refractivity contribution in [1.29, 1.82) is 0 Å². The molecule has 3 nitrogen and oxygen atoms in total. The number of halogens is 1. The van der Waals surface area contributed by atoms with E-state index in [9.17, 15) is 0 Å². The Morgan fingerprint density at radius 1 is 1.26 bits per heavy atom. The summed E-state index contributed by atoms with van der Waals surface area (Å²) in [5.74, 6) is 1.91. The first kappa shape index (κ1) is 18.7. The van der Waals surface area contributed by atoms with Gasteiger partial charge in [-0.1, -0.05) is 25.5 Å². The van der Waals surface area contributed by atoms with E-state index in [1.54, 1.807) is 0 Å². The van der Waals surface area contributed by atoms with E-state index < -0.39 is 0 Å². The number of hydrogen-bond acceptors (Lipinski definition) is 1. The summed E-state index contributed by atoms with van der Waals surface area (Å²) >= 11 is 0. The van der Waals surface area contributed by atoms with E-state index in [0.29, 0.717) is 6.04 Å². The number of hydrogen-bond donors (Lipinski definition) is 2. The lowest BCUT2D eigenvalue weighted by molar-refractivity contribution is 0.304. The fraction of sp³-hybridized carbons (Fsp3) is 0.800. The molecule has 19 heavy (non-hydrogen) atoms. The Bertz CT molecular complexity index is 269. The molecule has 0 aromatic rings. The zero-order valence-electron chi connectivity index (χ0n) is 12.6. The highest BCUT2D eigenvalue weighted by Crippen LogP contribution is 2.26. The third-order valence-electron chi connectivity index (χ3n) is 3.83. The Balaban J connectivity index is 0.00000324. The van der Waals surface area contributed by atoms with Gasteiger partial charge in [0.25, 0.3) is 0 Å². The first-order valence-electron chi connectivity index (χ1n) is 7.38. The van der Waals surface area contributed by atoms with Crippen molar-refractivity contribution in [3.8, 4) is 0 Å². The number of guanidine groups is 1. The second kappa shape index (κ2) is 11.6. The van der Waals surface area contributed by atoms with Gasteiger partial charge in [0.05, 0.1) is 0 Å². The van der Waals surface area contributed by atoms with Crippen LogP contribution in [0, 0.1) is 5.92 Å². The van der Waals surface area contributed by atoms with Crippen molar-refractivity contribution in [2.24, 2.45) is 10.9 Å². The van der Waals surface area contributed by atoms with Crippen molar-refractivity contribution in [2.45, 2.75) is 58.4 Å². The molecule has 1 fully saturated rings. The SMILES string of the molecule is C/C=C/CCNC(=NC)NC1CCC(CC)CC1.I. The van der Waals surface area contributed by atoms with Crippen LogP contribution < -0.4 is 10.6 Å². The molecule has 0 aromatic carbocycles. The molecule has 0 unspecified atom stereocenters. The highest BCUT2D eigenvalue weighted by atomic mass is 127. The lowest BCUT2D eigenvalue weighted by Crippen LogP contribution is -2.45. The van der Waals surface area contributed by atoms with Crippen molar-refractivity contribution in [2.75, 3.05) is 13.6 Å². The van der Waals surface area contributed by atoms with Crippen LogP contribution in [0.15, 0.2) is 17.1 Å². The predicted octanol–water partition coefficient (Wildman–Crippen LogP) is 3.70. The largest absolute Gasteiger partial charge is 0.356 e. The molecular weight excluding hydrogens is 349 g/mol. The first-order chi connectivity index (χ1) is 8.80. The minimum Gasteiger partial charge on any atom is -0.356 e. The molecule has 0 spiro atoms. The van der Waals surface area contributed by atoms with Crippen molar-refractivity contribution < 1.29 is 0 Å². The zero-order valence-corrected chi connectivity index (χ0v) is 14.9. The topological polar surface area (TPSA) is 36.4 Å². The highest BCUT2D eigenvalue weighted by Gasteiger charge is 2.20. The summed E-state index contributed by atoms with van der Waals surface area (Å²) in [6.45, 7) is 5.31. The van der Waals surface area contributed by atoms with Crippen LogP contribution in [0.4, 0.5) is 0 Å². The standard InChI is InChI=1S/C15H29N3.HI/c1-4-6-7-12-17-15(16-3)18-14-10-8-13(5-2)9-11-14;/h4,6,13-14H,5,7-12H2,1-3H3,(H2,16,17,18);1H/b6-4+;. The molecule has 0 bridgehead atoms. The smallest absolute Gasteiger partial charge is 0.191 e. The van der Waals surface area contributed by atoms with Crippen LogP contribution in [0.1, 0.15) is 52.4 Å². The molecule has 112 valence electrons. The van der Waals surface area contributed by atoms with Crippen molar-refractivity contribution in [1.82, 2.24) is 10.6 Å². The summed E-state index contributed by atoms with van der Waals surface area (Å²) in [5, 5.41) is 6.91. The number of nitrogens with one attached hydrogen (secondary N) is 2. The zero-order chi connectivity index (χ0) is 13.2. The normalized spacial score (nSPS) is 24.1. The van der Waals surface area contributed by atoms with Gasteiger partial charge in [0.1, 0.15) is 0 Å². The summed E-state index contributed by atoms with van der Waals surface area (Å²) in [6.07, 6.45) is 12.0. The van der Waals surface area contributed by atoms with Crippen LogP contribution in [0.3, 0.4) is 0 Å². The van der Waals surface area contributed by atoms with Crippen molar-refractivity contribution >= 4 is 29.9 Å². The minimum absolute atomic E-state index is 0. The van der Waals surface area contributed by atoms with Gasteiger partial charge in [0.2, 0.25) is 0 Å². The molecule has 1 saturated carbocycles. The monoisotopic (exact) mass is 379 g/mol. The Morgan fingerprint density at radius 3 is 2.47 bits per heavy atom. The summed E-state index contributed by atoms with van der Waals surface area (Å²) in [6, 6.07) is 0.612. The summed E-state index contributed by atoms with van der Waals surface area (Å²) < 4.78 is 0. The predicted molar refractivity (Wildman–Crippen MR) is 95.4 cm³/mol. The second-order valence-corrected chi connectivity index (χ2v) is 5.13. The molecule has 1 rings (SSSR count). The van der Waals surface area contributed by atoms with Gasteiger partial charge in [0, 0.05) is 19.6 Å². The Hall–Kier alpha value is -0.260. The maximum absolute atomic E-state index is 4.29. The van der Waals surface area contributed by atoms with Crippen LogP contribution in [-0.2, 0) is 0 Å². The van der Waals surface area contributed by atoms with Crippen LogP contribution in [-0.4, -0.2) is 25.6 Å². The Kier molecular flexibility index (Phi) is 11.4. The van der Waals surface area contributed by atoms with Gasteiger partial charge in [-0.25, -0.2) is 0 Å². The fourth-order valence-electron chi connectivity index (χ4n) is 2.54. The van der Waals surface area contributed by atoms with Crippen LogP contribution in [0.2, 0.25) is 0 Å². The van der Waals surface area contributed by atoms with E-state index in [1.807, 2.05) is 7.05 Å². The van der Waals surface area contributed by atoms with E-state index in [0.717, 1.165) is 24.8 Å². The van der Waals surface area contributed by atoms with Crippen molar-refractivity contribution in [3.05, 3.63) is 12.2 Å². The van der Waals surface area contributed by atoms with Gasteiger partial charge in [-0.15, -0.1) is 24.0 Å². The quantitative estimate of drug-likeness (QED) is 0.251. The Labute approximate surface area is 135 Å². The summed E-state index contributed by atoms with van der Waals surface area (Å²) in [5.41, 5.74) is 0. The maximum Gasteiger partial charge on any atom is 0.191 e. The van der Waals surface area contributed by atoms with Crippen LogP contribution >= 0.6 is 24.0 Å². The maximum atomic E-state index is 4.29. The first-order valence-corrected chi connectivity index (χ1v) is 7.38. The number of rotatable bonds is 5. The van der Waals surface area contributed by atoms with Crippen molar-refractivity contribution in [3.63, 3.8) is 0 Å². The molecule has 2 N–H and O–H groups in total. The molecule has 1 aliphatic carbocycles. The fourth-order valence-corrected chi connectivity index (χ4v) is 2.54. The third kappa shape index (κ3) is 7.80. The summed E-state index contributed by atoms with van der Waals surface area (Å²) in [4.78, 5) is 4.29. The van der Waals surface area contributed by atoms with E-state index in [2.05, 4.69) is 41.6 Å². The van der Waals surface area contributed by atoms with E-state index >= 15 is 0 Å². The molecule has 0 aliphatic heterocycles. The van der Waals surface area contributed by atoms with Gasteiger partial charge < -0.3 is 10.6 Å². The molecule has 0 amide bonds. The average Bonchev–Trinajstić information content (AvgIpc) is 2.43. The Morgan fingerprint density at radius 2 is 1.95 bits per heavy atom. The lowest BCUT2D eigenvalue weighted by atomic mass is 9.84. The minimum atomic E-state index is 0. The molecule has 0 aromatic heterocycles. The van der Waals surface area contributed by atoms with Gasteiger partial charge in [-0.3, -0.25) is 4.99 Å². The van der Waals surface area contributed by atoms with E-state index in [4.69, 9.17) is 0 Å². The molecule has 1 aliphatic rings. The number of aliphatic imine (C=N–C) groups is 1. The summed E-state index contributed by atoms with van der Waals surface area (Å²) in [7, 11) is 1.85. The van der Waals surface area contributed by atoms with Gasteiger partial charge in [0.15, 0.2) is 5.96 Å². The van der Waals surface area contributed by atoms with Crippen LogP contribution in [0.5, 0.6) is 0 Å². The van der Waals surface area contributed by atoms with Gasteiger partial charge >= 0.3 is 0 Å². The molecule has 4 heteroatoms. The van der Waals surface area contributed by atoms with E-state index in [-0.39, 0.29) is 24.0 Å². The molecule has 0 radical (unpaired) electrons. The highest BCUT2D eigenvalue weighted by molar-refractivity contribution is 14.0. The van der Waals surface area contributed by atoms with Gasteiger partial charge in [-0.05, 0) is 44.9 Å². The van der Waals surface area contributed by atoms with E-state index in [1.165, 1.54) is 32.1 Å². The average molecular weight is 379 g/mol. The molecule has 0 atom stereocenters. The molecule has 0 heterocycles. The number of allylic oxidation sites excluding steroid dienone is 1. The van der Waals surface area contributed by atoms with Crippen LogP contribution in [0.25, 0.3) is 0 Å². The molecular formula is C15H30IN3. The number of nitrogens with zero attached hydrogens (tertiary/aromatic N) is 1. The lowest BCUT2D eigenvalue weighted by Gasteiger charge is -2.29. The third-order valence-corrected chi connectivity index (χ3v) is 3.83.